The Balaban J connectivity index is 1.70. The standard InChI is InChI=1S/C21H20FNO3S/c22-17-9-5-4-8-15(17)21-13-26-19(11-24)16(21)12-27-20(23-21)10-18(25)14-6-2-1-3-7-14/h1-9,16,19,24H,10-13H2/t16-,19-,21-/m1/s1. The number of carbonyl (C=O) groups excluding carboxylic acids is 1. The Bertz CT molecular complexity index is 873. The van der Waals surface area contributed by atoms with E-state index < -0.39 is 5.54 Å². The van der Waals surface area contributed by atoms with Crippen LogP contribution in [0.25, 0.3) is 0 Å². The molecule has 140 valence electrons. The van der Waals surface area contributed by atoms with Crippen LogP contribution in [0.1, 0.15) is 22.3 Å². The fraction of sp³-hybridized carbons (Fsp3) is 0.333. The van der Waals surface area contributed by atoms with Gasteiger partial charge in [0.2, 0.25) is 0 Å². The van der Waals surface area contributed by atoms with E-state index in [1.54, 1.807) is 30.3 Å². The summed E-state index contributed by atoms with van der Waals surface area (Å²) in [4.78, 5) is 17.4. The molecular formula is C21H20FNO3S. The number of thioether (sulfide) groups is 1. The monoisotopic (exact) mass is 385 g/mol. The van der Waals surface area contributed by atoms with Crippen molar-refractivity contribution in [3.63, 3.8) is 0 Å². The van der Waals surface area contributed by atoms with Crippen LogP contribution in [0.5, 0.6) is 0 Å². The molecule has 0 spiro atoms. The van der Waals surface area contributed by atoms with Crippen molar-refractivity contribution >= 4 is 22.6 Å². The number of hydrogen-bond acceptors (Lipinski definition) is 5. The molecule has 2 aromatic carbocycles. The minimum atomic E-state index is -0.893. The van der Waals surface area contributed by atoms with Crippen molar-refractivity contribution in [3.05, 3.63) is 71.5 Å². The third-order valence-electron chi connectivity index (χ3n) is 5.26. The van der Waals surface area contributed by atoms with E-state index in [2.05, 4.69) is 0 Å². The van der Waals surface area contributed by atoms with Gasteiger partial charge in [-0.05, 0) is 6.07 Å². The first-order valence-electron chi connectivity index (χ1n) is 8.91. The van der Waals surface area contributed by atoms with Crippen LogP contribution in [-0.2, 0) is 10.3 Å². The Kier molecular flexibility index (Phi) is 5.12. The second-order valence-corrected chi connectivity index (χ2v) is 7.92. The second-order valence-electron chi connectivity index (χ2n) is 6.83. The smallest absolute Gasteiger partial charge is 0.169 e. The number of hydrogen-bond donors (Lipinski definition) is 1. The molecule has 2 aliphatic heterocycles. The highest BCUT2D eigenvalue weighted by Gasteiger charge is 2.53. The normalized spacial score (nSPS) is 27.1. The Labute approximate surface area is 161 Å². The molecule has 4 rings (SSSR count). The molecule has 0 aliphatic carbocycles. The highest BCUT2D eigenvalue weighted by Crippen LogP contribution is 2.48. The van der Waals surface area contributed by atoms with E-state index in [0.717, 1.165) is 0 Å². The maximum Gasteiger partial charge on any atom is 0.169 e. The topological polar surface area (TPSA) is 58.9 Å². The van der Waals surface area contributed by atoms with Crippen LogP contribution in [0.2, 0.25) is 0 Å². The molecular weight excluding hydrogens is 365 g/mol. The van der Waals surface area contributed by atoms with Crippen LogP contribution in [0, 0.1) is 11.7 Å². The van der Waals surface area contributed by atoms with Crippen molar-refractivity contribution in [1.82, 2.24) is 0 Å². The van der Waals surface area contributed by atoms with Gasteiger partial charge in [-0.2, -0.15) is 0 Å². The lowest BCUT2D eigenvalue weighted by molar-refractivity contribution is 0.0436. The van der Waals surface area contributed by atoms with Crippen LogP contribution in [-0.4, -0.2) is 41.0 Å². The average Bonchev–Trinajstić information content (AvgIpc) is 3.07. The molecule has 27 heavy (non-hydrogen) atoms. The van der Waals surface area contributed by atoms with Crippen LogP contribution >= 0.6 is 11.8 Å². The van der Waals surface area contributed by atoms with Gasteiger partial charge in [-0.3, -0.25) is 9.79 Å². The maximum atomic E-state index is 14.6. The zero-order chi connectivity index (χ0) is 18.9. The van der Waals surface area contributed by atoms with E-state index >= 15 is 0 Å². The lowest BCUT2D eigenvalue weighted by Gasteiger charge is -2.36. The molecule has 1 saturated heterocycles. The zero-order valence-electron chi connectivity index (χ0n) is 14.7. The van der Waals surface area contributed by atoms with Gasteiger partial charge in [-0.25, -0.2) is 4.39 Å². The number of aliphatic hydroxyl groups is 1. The summed E-state index contributed by atoms with van der Waals surface area (Å²) in [5.41, 5.74) is 0.214. The number of aliphatic hydroxyl groups excluding tert-OH is 1. The van der Waals surface area contributed by atoms with E-state index in [0.29, 0.717) is 21.9 Å². The van der Waals surface area contributed by atoms with Gasteiger partial charge in [0.25, 0.3) is 0 Å². The summed E-state index contributed by atoms with van der Waals surface area (Å²) < 4.78 is 20.4. The van der Waals surface area contributed by atoms with Crippen LogP contribution < -0.4 is 0 Å². The average molecular weight is 385 g/mol. The largest absolute Gasteiger partial charge is 0.394 e. The summed E-state index contributed by atoms with van der Waals surface area (Å²) in [5.74, 6) is 0.135. The van der Waals surface area contributed by atoms with Crippen LogP contribution in [0.3, 0.4) is 0 Å². The maximum absolute atomic E-state index is 14.6. The van der Waals surface area contributed by atoms with Gasteiger partial charge in [-0.1, -0.05) is 48.5 Å². The molecule has 2 aromatic rings. The minimum absolute atomic E-state index is 0.0124. The Morgan fingerprint density at radius 1 is 1.22 bits per heavy atom. The van der Waals surface area contributed by atoms with Gasteiger partial charge >= 0.3 is 0 Å². The van der Waals surface area contributed by atoms with Crippen LogP contribution in [0.15, 0.2) is 59.6 Å². The highest BCUT2D eigenvalue weighted by atomic mass is 32.2. The molecule has 4 nitrogen and oxygen atoms in total. The molecule has 0 radical (unpaired) electrons. The summed E-state index contributed by atoms with van der Waals surface area (Å²) >= 11 is 1.50. The number of rotatable bonds is 5. The summed E-state index contributed by atoms with van der Waals surface area (Å²) in [5, 5.41) is 10.4. The quantitative estimate of drug-likeness (QED) is 0.801. The Morgan fingerprint density at radius 2 is 1.96 bits per heavy atom. The first kappa shape index (κ1) is 18.3. The number of nitrogens with zero attached hydrogens (tertiary/aromatic N) is 1. The first-order valence-corrected chi connectivity index (χ1v) is 9.90. The summed E-state index contributed by atoms with van der Waals surface area (Å²) in [7, 11) is 0. The molecule has 1 N–H and O–H groups in total. The summed E-state index contributed by atoms with van der Waals surface area (Å²) in [6.07, 6.45) is -0.200. The SMILES string of the molecule is O=C(CC1=N[C@@]2(c3ccccc3F)CO[C@H](CO)[C@H]2CS1)c1ccccc1. The van der Waals surface area contributed by atoms with Crippen molar-refractivity contribution in [2.75, 3.05) is 19.0 Å². The number of halogens is 1. The molecule has 0 bridgehead atoms. The van der Waals surface area contributed by atoms with Crippen LogP contribution in [0.4, 0.5) is 4.39 Å². The summed E-state index contributed by atoms with van der Waals surface area (Å²) in [6.45, 7) is 0.0721. The molecule has 3 atom stereocenters. The van der Waals surface area contributed by atoms with E-state index in [1.807, 2.05) is 18.2 Å². The predicted octanol–water partition coefficient (Wildman–Crippen LogP) is 3.45. The van der Waals surface area contributed by atoms with Gasteiger partial charge in [-0.15, -0.1) is 11.8 Å². The number of ether oxygens (including phenoxy) is 1. The number of Topliss-reactive ketones (excluding diaryl/α,β-unsaturated/α-hetero) is 1. The fourth-order valence-corrected chi connectivity index (χ4v) is 5.17. The fourth-order valence-electron chi connectivity index (χ4n) is 3.85. The lowest BCUT2D eigenvalue weighted by atomic mass is 9.79. The van der Waals surface area contributed by atoms with Gasteiger partial charge in [0.15, 0.2) is 5.78 Å². The van der Waals surface area contributed by atoms with E-state index in [9.17, 15) is 14.3 Å². The zero-order valence-corrected chi connectivity index (χ0v) is 15.5. The van der Waals surface area contributed by atoms with E-state index in [-0.39, 0.29) is 43.3 Å². The number of benzene rings is 2. The second kappa shape index (κ2) is 7.54. The van der Waals surface area contributed by atoms with Gasteiger partial charge < -0.3 is 9.84 Å². The molecule has 6 heteroatoms. The van der Waals surface area contributed by atoms with Gasteiger partial charge in [0.1, 0.15) is 11.4 Å². The third-order valence-corrected chi connectivity index (χ3v) is 6.36. The number of carbonyl (C=O) groups is 1. The van der Waals surface area contributed by atoms with Gasteiger partial charge in [0.05, 0.1) is 30.8 Å². The number of fused-ring (bicyclic) bond motifs is 1. The third kappa shape index (κ3) is 3.33. The Morgan fingerprint density at radius 3 is 2.70 bits per heavy atom. The highest BCUT2D eigenvalue weighted by molar-refractivity contribution is 8.14. The first-order chi connectivity index (χ1) is 13.1. The number of aliphatic imine (C=N–C) groups is 1. The molecule has 0 unspecified atom stereocenters. The van der Waals surface area contributed by atoms with Crippen molar-refractivity contribution in [1.29, 1.82) is 0 Å². The van der Waals surface area contributed by atoms with Gasteiger partial charge in [0, 0.05) is 22.8 Å². The van der Waals surface area contributed by atoms with Crippen molar-refractivity contribution < 1.29 is 19.0 Å². The molecule has 0 aromatic heterocycles. The lowest BCUT2D eigenvalue weighted by Crippen LogP contribution is -2.42. The Hall–Kier alpha value is -2.02. The van der Waals surface area contributed by atoms with Crippen molar-refractivity contribution in [2.24, 2.45) is 10.9 Å². The van der Waals surface area contributed by atoms with Crippen molar-refractivity contribution in [3.8, 4) is 0 Å². The predicted molar refractivity (Wildman–Crippen MR) is 104 cm³/mol. The van der Waals surface area contributed by atoms with E-state index in [1.165, 1.54) is 17.8 Å². The van der Waals surface area contributed by atoms with Crippen molar-refractivity contribution in [2.45, 2.75) is 18.1 Å². The molecule has 2 aliphatic rings. The minimum Gasteiger partial charge on any atom is -0.394 e. The van der Waals surface area contributed by atoms with E-state index in [4.69, 9.17) is 9.73 Å². The number of ketones is 1. The molecule has 2 heterocycles. The molecule has 0 amide bonds. The molecule has 1 fully saturated rings. The summed E-state index contributed by atoms with van der Waals surface area (Å²) in [6, 6.07) is 15.7. The molecule has 0 saturated carbocycles.